The summed E-state index contributed by atoms with van der Waals surface area (Å²) in [5.41, 5.74) is 8.02. The van der Waals surface area contributed by atoms with Crippen molar-refractivity contribution in [1.82, 2.24) is 0 Å². The van der Waals surface area contributed by atoms with Gasteiger partial charge in [-0.05, 0) is 91.2 Å². The van der Waals surface area contributed by atoms with E-state index in [4.69, 9.17) is 9.47 Å². The summed E-state index contributed by atoms with van der Waals surface area (Å²) in [5, 5.41) is 19.2. The third-order valence-electron chi connectivity index (χ3n) is 6.09. The van der Waals surface area contributed by atoms with Crippen LogP contribution in [0.15, 0.2) is 30.3 Å². The average molecular weight is 376 g/mol. The first kappa shape index (κ1) is 17.4. The number of rotatable bonds is 0. The normalized spacial score (nSPS) is 12.6. The maximum Gasteiger partial charge on any atom is 0.260 e. The first-order chi connectivity index (χ1) is 13.9. The van der Waals surface area contributed by atoms with E-state index in [1.807, 2.05) is 51.1 Å². The molecule has 3 aromatic rings. The molecule has 0 fully saturated rings. The van der Waals surface area contributed by atoms with Crippen LogP contribution in [0.1, 0.15) is 33.4 Å². The zero-order chi connectivity index (χ0) is 20.4. The fourth-order valence-corrected chi connectivity index (χ4v) is 4.34. The predicted molar refractivity (Wildman–Crippen MR) is 113 cm³/mol. The molecule has 0 aromatic heterocycles. The molecule has 5 heteroatoms. The van der Waals surface area contributed by atoms with E-state index in [0.717, 1.165) is 61.6 Å². The zero-order valence-corrected chi connectivity index (χ0v) is 16.7. The Morgan fingerprint density at radius 1 is 0.690 bits per heavy atom. The molecule has 2 aliphatic heterocycles. The summed E-state index contributed by atoms with van der Waals surface area (Å²) in [6.45, 7) is 7.79. The van der Waals surface area contributed by atoms with Gasteiger partial charge in [-0.15, -0.1) is 0 Å². The molecular formula is C24H17BN2O2. The molecule has 0 saturated heterocycles. The predicted octanol–water partition coefficient (Wildman–Crippen LogP) is 3.39. The van der Waals surface area contributed by atoms with E-state index in [1.54, 1.807) is 0 Å². The first-order valence-corrected chi connectivity index (χ1v) is 9.52. The van der Waals surface area contributed by atoms with Gasteiger partial charge in [0.15, 0.2) is 0 Å². The molecule has 0 bridgehead atoms. The molecular weight excluding hydrogens is 359 g/mol. The molecule has 0 saturated carbocycles. The van der Waals surface area contributed by atoms with Crippen LogP contribution in [0.3, 0.4) is 0 Å². The van der Waals surface area contributed by atoms with Crippen LogP contribution in [-0.4, -0.2) is 6.71 Å². The minimum Gasteiger partial charge on any atom is -0.458 e. The van der Waals surface area contributed by atoms with E-state index in [0.29, 0.717) is 11.1 Å². The molecule has 5 rings (SSSR count). The van der Waals surface area contributed by atoms with Gasteiger partial charge in [0.1, 0.15) is 23.0 Å². The number of hydrogen-bond acceptors (Lipinski definition) is 4. The highest BCUT2D eigenvalue weighted by Crippen LogP contribution is 2.38. The van der Waals surface area contributed by atoms with E-state index in [1.165, 1.54) is 0 Å². The van der Waals surface area contributed by atoms with Gasteiger partial charge >= 0.3 is 0 Å². The minimum atomic E-state index is -0.146. The van der Waals surface area contributed by atoms with Crippen molar-refractivity contribution >= 4 is 23.1 Å². The van der Waals surface area contributed by atoms with Crippen molar-refractivity contribution in [3.63, 3.8) is 0 Å². The minimum absolute atomic E-state index is 0.146. The Labute approximate surface area is 170 Å². The van der Waals surface area contributed by atoms with E-state index < -0.39 is 0 Å². The summed E-state index contributed by atoms with van der Waals surface area (Å²) in [4.78, 5) is 0. The molecule has 138 valence electrons. The molecule has 3 aromatic carbocycles. The number of nitriles is 2. The number of nitrogens with zero attached hydrogens (tertiary/aromatic N) is 2. The van der Waals surface area contributed by atoms with Gasteiger partial charge in [0.25, 0.3) is 6.71 Å². The lowest BCUT2D eigenvalue weighted by Gasteiger charge is -2.34. The molecule has 0 radical (unpaired) electrons. The van der Waals surface area contributed by atoms with Crippen LogP contribution >= 0.6 is 0 Å². The molecule has 2 aliphatic rings. The first-order valence-electron chi connectivity index (χ1n) is 9.52. The Kier molecular flexibility index (Phi) is 3.54. The fourth-order valence-electron chi connectivity index (χ4n) is 4.34. The third-order valence-corrected chi connectivity index (χ3v) is 6.09. The van der Waals surface area contributed by atoms with Gasteiger partial charge in [0.05, 0.1) is 23.3 Å². The summed E-state index contributed by atoms with van der Waals surface area (Å²) in [5.74, 6) is 3.09. The number of ether oxygens (including phenoxy) is 2. The Morgan fingerprint density at radius 3 is 1.76 bits per heavy atom. The van der Waals surface area contributed by atoms with Crippen LogP contribution in [-0.2, 0) is 0 Å². The fraction of sp³-hybridized carbons (Fsp3) is 0.167. The van der Waals surface area contributed by atoms with Gasteiger partial charge in [-0.25, -0.2) is 0 Å². The van der Waals surface area contributed by atoms with Crippen molar-refractivity contribution in [2.75, 3.05) is 0 Å². The molecule has 0 N–H and O–H groups in total. The summed E-state index contributed by atoms with van der Waals surface area (Å²) < 4.78 is 12.6. The van der Waals surface area contributed by atoms with Crippen molar-refractivity contribution in [3.8, 4) is 35.1 Å². The van der Waals surface area contributed by atoms with Crippen LogP contribution in [0.5, 0.6) is 23.0 Å². The number of fused-ring (bicyclic) bond motifs is 4. The molecule has 4 nitrogen and oxygen atoms in total. The van der Waals surface area contributed by atoms with Gasteiger partial charge < -0.3 is 9.47 Å². The highest BCUT2D eigenvalue weighted by Gasteiger charge is 2.41. The van der Waals surface area contributed by atoms with Gasteiger partial charge in [0.2, 0.25) is 0 Å². The van der Waals surface area contributed by atoms with Crippen LogP contribution in [0.4, 0.5) is 0 Å². The molecule has 29 heavy (non-hydrogen) atoms. The standard InChI is InChI=1S/C24H17BN2O2/c1-12-5-22-23-24(15(12)4)29-21-7-14(3)17(11-27)9-19(21)25(23)18-8-16(10-26)13(2)6-20(18)28-22/h5-9H,1-4H3. The van der Waals surface area contributed by atoms with Crippen molar-refractivity contribution in [2.24, 2.45) is 0 Å². The van der Waals surface area contributed by atoms with Gasteiger partial charge in [-0.2, -0.15) is 10.5 Å². The molecule has 0 atom stereocenters. The molecule has 0 spiro atoms. The Balaban J connectivity index is 1.89. The SMILES string of the molecule is Cc1cc2c(cc1C#N)B1c3cc(C#N)c(C)cc3Oc3c(C)c(C)cc(c31)O2. The third kappa shape index (κ3) is 2.31. The second-order valence-electron chi connectivity index (χ2n) is 7.83. The topological polar surface area (TPSA) is 66.0 Å². The van der Waals surface area contributed by atoms with Crippen molar-refractivity contribution in [1.29, 1.82) is 10.5 Å². The summed E-state index contributed by atoms with van der Waals surface area (Å²) >= 11 is 0. The van der Waals surface area contributed by atoms with Crippen LogP contribution in [0.25, 0.3) is 0 Å². The quantitative estimate of drug-likeness (QED) is 0.389. The van der Waals surface area contributed by atoms with Crippen molar-refractivity contribution in [2.45, 2.75) is 27.7 Å². The molecule has 0 aliphatic carbocycles. The second-order valence-corrected chi connectivity index (χ2v) is 7.83. The lowest BCUT2D eigenvalue weighted by Crippen LogP contribution is -2.58. The highest BCUT2D eigenvalue weighted by molar-refractivity contribution is 6.98. The van der Waals surface area contributed by atoms with Gasteiger partial charge in [-0.1, -0.05) is 0 Å². The number of hydrogen-bond donors (Lipinski definition) is 0. The highest BCUT2D eigenvalue weighted by atomic mass is 16.5. The molecule has 2 heterocycles. The zero-order valence-electron chi connectivity index (χ0n) is 16.7. The lowest BCUT2D eigenvalue weighted by atomic mass is 9.34. The van der Waals surface area contributed by atoms with Crippen molar-refractivity contribution < 1.29 is 9.47 Å². The van der Waals surface area contributed by atoms with Crippen LogP contribution in [0.2, 0.25) is 0 Å². The number of aryl methyl sites for hydroxylation is 3. The van der Waals surface area contributed by atoms with Crippen LogP contribution in [0, 0.1) is 50.4 Å². The van der Waals surface area contributed by atoms with E-state index >= 15 is 0 Å². The summed E-state index contributed by atoms with van der Waals surface area (Å²) in [6.07, 6.45) is 0. The summed E-state index contributed by atoms with van der Waals surface area (Å²) in [7, 11) is 0. The maximum absolute atomic E-state index is 9.58. The van der Waals surface area contributed by atoms with Crippen LogP contribution < -0.4 is 25.9 Å². The monoisotopic (exact) mass is 376 g/mol. The van der Waals surface area contributed by atoms with Gasteiger partial charge in [-0.3, -0.25) is 0 Å². The Hall–Kier alpha value is -3.70. The molecule has 0 unspecified atom stereocenters. The lowest BCUT2D eigenvalue weighted by molar-refractivity contribution is 0.461. The Morgan fingerprint density at radius 2 is 1.21 bits per heavy atom. The average Bonchev–Trinajstić information content (AvgIpc) is 2.70. The number of benzene rings is 3. The van der Waals surface area contributed by atoms with E-state index in [-0.39, 0.29) is 6.71 Å². The van der Waals surface area contributed by atoms with Crippen molar-refractivity contribution in [3.05, 3.63) is 63.7 Å². The summed E-state index contributed by atoms with van der Waals surface area (Å²) in [6, 6.07) is 14.3. The maximum atomic E-state index is 9.58. The second kappa shape index (κ2) is 5.90. The largest absolute Gasteiger partial charge is 0.458 e. The molecule has 0 amide bonds. The Bertz CT molecular complexity index is 1300. The smallest absolute Gasteiger partial charge is 0.260 e. The van der Waals surface area contributed by atoms with E-state index in [9.17, 15) is 10.5 Å². The van der Waals surface area contributed by atoms with Gasteiger partial charge in [0, 0.05) is 5.46 Å². The van der Waals surface area contributed by atoms with E-state index in [2.05, 4.69) is 19.1 Å².